The van der Waals surface area contributed by atoms with Crippen LogP contribution in [0.4, 0.5) is 0 Å². The zero-order valence-electron chi connectivity index (χ0n) is 9.20. The minimum atomic E-state index is 0.0561. The molecule has 1 aliphatic heterocycles. The third kappa shape index (κ3) is 2.17. The molecule has 1 heterocycles. The smallest absolute Gasteiger partial charge is 0.0445 e. The van der Waals surface area contributed by atoms with E-state index in [-0.39, 0.29) is 6.04 Å². The fourth-order valence-corrected chi connectivity index (χ4v) is 2.40. The molecule has 0 spiro atoms. The van der Waals surface area contributed by atoms with Gasteiger partial charge in [0.15, 0.2) is 0 Å². The summed E-state index contributed by atoms with van der Waals surface area (Å²) in [4.78, 5) is 2.29. The average Bonchev–Trinajstić information content (AvgIpc) is 2.13. The Morgan fingerprint density at radius 2 is 2.13 bits per heavy atom. The van der Waals surface area contributed by atoms with Gasteiger partial charge in [-0.1, -0.05) is 23.7 Å². The number of nitrogens with two attached hydrogens (primary N) is 1. The van der Waals surface area contributed by atoms with Gasteiger partial charge in [-0.05, 0) is 31.2 Å². The third-order valence-electron chi connectivity index (χ3n) is 3.05. The van der Waals surface area contributed by atoms with Crippen LogP contribution in [0.25, 0.3) is 0 Å². The van der Waals surface area contributed by atoms with Gasteiger partial charge in [0.2, 0.25) is 0 Å². The molecule has 0 aromatic heterocycles. The van der Waals surface area contributed by atoms with E-state index in [9.17, 15) is 0 Å². The maximum atomic E-state index is 6.25. The highest BCUT2D eigenvalue weighted by molar-refractivity contribution is 6.31. The first-order valence-electron chi connectivity index (χ1n) is 5.31. The molecule has 0 amide bonds. The summed E-state index contributed by atoms with van der Waals surface area (Å²) in [6, 6.07) is 6.27. The normalized spacial score (nSPS) is 20.0. The van der Waals surface area contributed by atoms with Crippen molar-refractivity contribution >= 4 is 11.6 Å². The summed E-state index contributed by atoms with van der Waals surface area (Å²) in [7, 11) is 2.13. The Bertz CT molecular complexity index is 357. The van der Waals surface area contributed by atoms with E-state index in [0.717, 1.165) is 23.7 Å². The van der Waals surface area contributed by atoms with Gasteiger partial charge >= 0.3 is 0 Å². The molecule has 0 aliphatic carbocycles. The van der Waals surface area contributed by atoms with E-state index in [1.54, 1.807) is 0 Å². The predicted molar refractivity (Wildman–Crippen MR) is 64.3 cm³/mol. The fraction of sp³-hybridized carbons (Fsp3) is 0.500. The largest absolute Gasteiger partial charge is 0.324 e. The van der Waals surface area contributed by atoms with E-state index in [1.165, 1.54) is 5.56 Å². The zero-order chi connectivity index (χ0) is 11.0. The van der Waals surface area contributed by atoms with Gasteiger partial charge in [-0.2, -0.15) is 0 Å². The van der Waals surface area contributed by atoms with Crippen LogP contribution in [0.3, 0.4) is 0 Å². The first-order valence-corrected chi connectivity index (χ1v) is 5.69. The van der Waals surface area contributed by atoms with Crippen molar-refractivity contribution in [2.45, 2.75) is 18.9 Å². The summed E-state index contributed by atoms with van der Waals surface area (Å²) in [5.74, 6) is 0.602. The topological polar surface area (TPSA) is 29.3 Å². The summed E-state index contributed by atoms with van der Waals surface area (Å²) in [5.41, 5.74) is 8.18. The lowest BCUT2D eigenvalue weighted by Crippen LogP contribution is -2.41. The number of nitrogens with zero attached hydrogens (tertiary/aromatic N) is 1. The van der Waals surface area contributed by atoms with Gasteiger partial charge in [0.1, 0.15) is 0 Å². The average molecular weight is 225 g/mol. The van der Waals surface area contributed by atoms with E-state index in [4.69, 9.17) is 17.3 Å². The van der Waals surface area contributed by atoms with Crippen LogP contribution in [0.15, 0.2) is 18.2 Å². The van der Waals surface area contributed by atoms with Crippen molar-refractivity contribution in [3.05, 3.63) is 34.3 Å². The van der Waals surface area contributed by atoms with Crippen LogP contribution in [0.5, 0.6) is 0 Å². The van der Waals surface area contributed by atoms with Crippen LogP contribution in [0.2, 0.25) is 5.02 Å². The van der Waals surface area contributed by atoms with Crippen LogP contribution < -0.4 is 5.73 Å². The summed E-state index contributed by atoms with van der Waals surface area (Å²) >= 11 is 6.25. The molecule has 2 N–H and O–H groups in total. The Balaban J connectivity index is 2.20. The van der Waals surface area contributed by atoms with Crippen LogP contribution in [0.1, 0.15) is 30.0 Å². The summed E-state index contributed by atoms with van der Waals surface area (Å²) < 4.78 is 0. The highest BCUT2D eigenvalue weighted by Gasteiger charge is 2.26. The Labute approximate surface area is 96.0 Å². The van der Waals surface area contributed by atoms with E-state index in [2.05, 4.69) is 24.1 Å². The van der Waals surface area contributed by atoms with Crippen molar-refractivity contribution in [2.75, 3.05) is 20.1 Å². The van der Waals surface area contributed by atoms with Gasteiger partial charge in [-0.15, -0.1) is 0 Å². The number of rotatable bonds is 2. The standard InChI is InChI=1S/C12H17ClN2/c1-8(14)9-3-4-11(12(13)5-9)10-6-15(2)7-10/h3-5,8,10H,6-7,14H2,1-2H3. The maximum absolute atomic E-state index is 6.25. The quantitative estimate of drug-likeness (QED) is 0.836. The van der Waals surface area contributed by atoms with Gasteiger partial charge in [0, 0.05) is 30.1 Å². The molecule has 82 valence electrons. The minimum Gasteiger partial charge on any atom is -0.324 e. The molecular formula is C12H17ClN2. The molecule has 1 saturated heterocycles. The molecule has 1 aliphatic rings. The van der Waals surface area contributed by atoms with Crippen LogP contribution in [0, 0.1) is 0 Å². The van der Waals surface area contributed by atoms with Crippen LogP contribution in [-0.4, -0.2) is 25.0 Å². The molecule has 2 nitrogen and oxygen atoms in total. The highest BCUT2D eigenvalue weighted by atomic mass is 35.5. The number of hydrogen-bond donors (Lipinski definition) is 1. The monoisotopic (exact) mass is 224 g/mol. The fourth-order valence-electron chi connectivity index (χ4n) is 2.05. The van der Waals surface area contributed by atoms with Crippen LogP contribution >= 0.6 is 11.6 Å². The number of likely N-dealkylation sites (N-methyl/N-ethyl adjacent to an activating group) is 1. The van der Waals surface area contributed by atoms with Gasteiger partial charge in [0.25, 0.3) is 0 Å². The molecule has 1 unspecified atom stereocenters. The van der Waals surface area contributed by atoms with Crippen LogP contribution in [-0.2, 0) is 0 Å². The summed E-state index contributed by atoms with van der Waals surface area (Å²) in [6.45, 7) is 4.19. The molecular weight excluding hydrogens is 208 g/mol. The SMILES string of the molecule is CC(N)c1ccc(C2CN(C)C2)c(Cl)c1. The molecule has 0 saturated carbocycles. The van der Waals surface area contributed by atoms with E-state index in [1.807, 2.05) is 13.0 Å². The van der Waals surface area contributed by atoms with Crippen molar-refractivity contribution in [3.63, 3.8) is 0 Å². The Kier molecular flexibility index (Phi) is 3.01. The van der Waals surface area contributed by atoms with Gasteiger partial charge in [-0.3, -0.25) is 0 Å². The summed E-state index contributed by atoms with van der Waals surface area (Å²) in [6.07, 6.45) is 0. The molecule has 0 bridgehead atoms. The molecule has 1 fully saturated rings. The zero-order valence-corrected chi connectivity index (χ0v) is 9.96. The number of hydrogen-bond acceptors (Lipinski definition) is 2. The number of likely N-dealkylation sites (tertiary alicyclic amines) is 1. The molecule has 15 heavy (non-hydrogen) atoms. The van der Waals surface area contributed by atoms with Crippen molar-refractivity contribution in [1.82, 2.24) is 4.90 Å². The third-order valence-corrected chi connectivity index (χ3v) is 3.38. The second-order valence-corrected chi connectivity index (χ2v) is 4.89. The second-order valence-electron chi connectivity index (χ2n) is 4.49. The van der Waals surface area contributed by atoms with Gasteiger partial charge < -0.3 is 10.6 Å². The van der Waals surface area contributed by atoms with Gasteiger partial charge in [0.05, 0.1) is 0 Å². The van der Waals surface area contributed by atoms with Crippen molar-refractivity contribution < 1.29 is 0 Å². The first kappa shape index (κ1) is 10.9. The van der Waals surface area contributed by atoms with Crippen molar-refractivity contribution in [3.8, 4) is 0 Å². The lowest BCUT2D eigenvalue weighted by Gasteiger charge is -2.37. The molecule has 0 radical (unpaired) electrons. The second kappa shape index (κ2) is 4.12. The van der Waals surface area contributed by atoms with E-state index in [0.29, 0.717) is 5.92 Å². The Morgan fingerprint density at radius 3 is 2.60 bits per heavy atom. The van der Waals surface area contributed by atoms with Crippen molar-refractivity contribution in [2.24, 2.45) is 5.73 Å². The lowest BCUT2D eigenvalue weighted by molar-refractivity contribution is 0.190. The van der Waals surface area contributed by atoms with E-state index < -0.39 is 0 Å². The highest BCUT2D eigenvalue weighted by Crippen LogP contribution is 2.32. The lowest BCUT2D eigenvalue weighted by atomic mass is 9.91. The molecule has 2 rings (SSSR count). The maximum Gasteiger partial charge on any atom is 0.0445 e. The predicted octanol–water partition coefficient (Wildman–Crippen LogP) is 2.39. The molecule has 1 atom stereocenters. The molecule has 1 aromatic carbocycles. The molecule has 1 aromatic rings. The number of halogens is 1. The summed E-state index contributed by atoms with van der Waals surface area (Å²) in [5, 5.41) is 0.864. The first-order chi connectivity index (χ1) is 7.08. The van der Waals surface area contributed by atoms with Gasteiger partial charge in [-0.25, -0.2) is 0 Å². The number of benzene rings is 1. The molecule has 3 heteroatoms. The Morgan fingerprint density at radius 1 is 1.47 bits per heavy atom. The Hall–Kier alpha value is -0.570. The minimum absolute atomic E-state index is 0.0561. The van der Waals surface area contributed by atoms with Crippen molar-refractivity contribution in [1.29, 1.82) is 0 Å². The van der Waals surface area contributed by atoms with E-state index >= 15 is 0 Å².